The van der Waals surface area contributed by atoms with E-state index in [-0.39, 0.29) is 35.6 Å². The monoisotopic (exact) mass is 264 g/mol. The summed E-state index contributed by atoms with van der Waals surface area (Å²) in [6.07, 6.45) is -0.0258. The van der Waals surface area contributed by atoms with Crippen LogP contribution in [0.3, 0.4) is 0 Å². The fourth-order valence-electron chi connectivity index (χ4n) is 1.41. The molecule has 94 valence electrons. The Labute approximate surface area is 102 Å². The van der Waals surface area contributed by atoms with E-state index in [2.05, 4.69) is 0 Å². The molecule has 0 aliphatic carbocycles. The van der Waals surface area contributed by atoms with Crippen molar-refractivity contribution >= 4 is 17.6 Å². The number of aliphatic carboxylic acids is 1. The summed E-state index contributed by atoms with van der Waals surface area (Å²) in [5, 5.41) is 8.14. The van der Waals surface area contributed by atoms with Crippen LogP contribution < -0.4 is 4.74 Å². The molecular formula is C11H11ClF2O3. The molecule has 17 heavy (non-hydrogen) atoms. The predicted molar refractivity (Wildman–Crippen MR) is 58.5 cm³/mol. The summed E-state index contributed by atoms with van der Waals surface area (Å²) in [7, 11) is 1.25. The third-order valence-corrected chi connectivity index (χ3v) is 2.61. The van der Waals surface area contributed by atoms with Crippen LogP contribution in [0.1, 0.15) is 18.4 Å². The minimum atomic E-state index is -1.01. The Bertz CT molecular complexity index is 435. The smallest absolute Gasteiger partial charge is 0.303 e. The van der Waals surface area contributed by atoms with Gasteiger partial charge in [-0.2, -0.15) is 0 Å². The number of ether oxygens (including phenoxy) is 1. The van der Waals surface area contributed by atoms with Crippen LogP contribution in [0.25, 0.3) is 0 Å². The molecule has 0 unspecified atom stereocenters. The maximum absolute atomic E-state index is 13.6. The van der Waals surface area contributed by atoms with Gasteiger partial charge in [-0.1, -0.05) is 11.6 Å². The van der Waals surface area contributed by atoms with Gasteiger partial charge in [-0.15, -0.1) is 0 Å². The maximum Gasteiger partial charge on any atom is 0.303 e. The highest BCUT2D eigenvalue weighted by molar-refractivity contribution is 6.32. The van der Waals surface area contributed by atoms with Crippen LogP contribution in [0, 0.1) is 11.6 Å². The largest absolute Gasteiger partial charge is 0.495 e. The molecule has 0 spiro atoms. The summed E-state index contributed by atoms with van der Waals surface area (Å²) < 4.78 is 31.8. The van der Waals surface area contributed by atoms with Gasteiger partial charge in [0.05, 0.1) is 7.11 Å². The average Bonchev–Trinajstić information content (AvgIpc) is 2.27. The zero-order valence-corrected chi connectivity index (χ0v) is 9.85. The molecule has 0 aromatic heterocycles. The number of hydrogen-bond donors (Lipinski definition) is 1. The molecule has 1 N–H and O–H groups in total. The first-order valence-corrected chi connectivity index (χ1v) is 5.27. The summed E-state index contributed by atoms with van der Waals surface area (Å²) >= 11 is 5.63. The van der Waals surface area contributed by atoms with Gasteiger partial charge < -0.3 is 9.84 Å². The Kier molecular flexibility index (Phi) is 4.69. The summed E-state index contributed by atoms with van der Waals surface area (Å²) in [6, 6.07) is 0.988. The van der Waals surface area contributed by atoms with Crippen LogP contribution in [0.5, 0.6) is 5.75 Å². The molecule has 0 amide bonds. The zero-order chi connectivity index (χ0) is 13.0. The summed E-state index contributed by atoms with van der Waals surface area (Å²) in [5.41, 5.74) is -0.211. The number of carbonyl (C=O) groups is 1. The molecule has 0 fully saturated rings. The van der Waals surface area contributed by atoms with Crippen LogP contribution in [0.4, 0.5) is 8.78 Å². The van der Waals surface area contributed by atoms with Crippen molar-refractivity contribution in [3.05, 3.63) is 28.3 Å². The van der Waals surface area contributed by atoms with Crippen LogP contribution in [-0.2, 0) is 11.2 Å². The normalized spacial score (nSPS) is 10.4. The van der Waals surface area contributed by atoms with Gasteiger partial charge >= 0.3 is 5.97 Å². The molecule has 3 nitrogen and oxygen atoms in total. The Hall–Kier alpha value is -1.36. The second kappa shape index (κ2) is 5.82. The molecule has 0 saturated carbocycles. The minimum absolute atomic E-state index is 0.0202. The minimum Gasteiger partial charge on any atom is -0.495 e. The highest BCUT2D eigenvalue weighted by Gasteiger charge is 2.17. The van der Waals surface area contributed by atoms with Crippen LogP contribution >= 0.6 is 11.6 Å². The lowest BCUT2D eigenvalue weighted by molar-refractivity contribution is -0.137. The van der Waals surface area contributed by atoms with Crippen LogP contribution in [-0.4, -0.2) is 18.2 Å². The van der Waals surface area contributed by atoms with Gasteiger partial charge in [0.25, 0.3) is 0 Å². The number of benzene rings is 1. The summed E-state index contributed by atoms with van der Waals surface area (Å²) in [4.78, 5) is 10.3. The number of hydrogen-bond acceptors (Lipinski definition) is 2. The second-order valence-electron chi connectivity index (χ2n) is 3.41. The molecule has 0 heterocycles. The number of halogens is 3. The van der Waals surface area contributed by atoms with Crippen molar-refractivity contribution in [3.63, 3.8) is 0 Å². The lowest BCUT2D eigenvalue weighted by Crippen LogP contribution is -2.02. The molecule has 0 saturated heterocycles. The highest BCUT2D eigenvalue weighted by atomic mass is 35.5. The molecule has 1 aromatic carbocycles. The van der Waals surface area contributed by atoms with Crippen molar-refractivity contribution in [2.45, 2.75) is 19.3 Å². The Morgan fingerprint density at radius 1 is 1.53 bits per heavy atom. The van der Waals surface area contributed by atoms with Gasteiger partial charge in [-0.3, -0.25) is 4.79 Å². The number of carboxylic acids is 1. The van der Waals surface area contributed by atoms with Crippen molar-refractivity contribution in [3.8, 4) is 5.75 Å². The van der Waals surface area contributed by atoms with Gasteiger partial charge in [0, 0.05) is 18.1 Å². The molecule has 1 aromatic rings. The van der Waals surface area contributed by atoms with E-state index >= 15 is 0 Å². The fourth-order valence-corrected chi connectivity index (χ4v) is 1.65. The van der Waals surface area contributed by atoms with Gasteiger partial charge in [-0.25, -0.2) is 8.78 Å². The molecule has 1 rings (SSSR count). The first-order chi connectivity index (χ1) is 7.97. The first-order valence-electron chi connectivity index (χ1n) is 4.89. The maximum atomic E-state index is 13.6. The van der Waals surface area contributed by atoms with E-state index in [0.717, 1.165) is 6.07 Å². The number of methoxy groups -OCH3 is 1. The van der Waals surface area contributed by atoms with Crippen molar-refractivity contribution in [1.29, 1.82) is 0 Å². The summed E-state index contributed by atoms with van der Waals surface area (Å²) in [6.45, 7) is 0. The van der Waals surface area contributed by atoms with Crippen molar-refractivity contribution in [2.24, 2.45) is 0 Å². The molecule has 0 aliphatic heterocycles. The molecule has 6 heteroatoms. The first kappa shape index (κ1) is 13.7. The third kappa shape index (κ3) is 3.30. The quantitative estimate of drug-likeness (QED) is 0.832. The van der Waals surface area contributed by atoms with E-state index in [0.29, 0.717) is 0 Å². The van der Waals surface area contributed by atoms with E-state index in [1.165, 1.54) is 7.11 Å². The molecule has 0 bridgehead atoms. The second-order valence-corrected chi connectivity index (χ2v) is 3.79. The van der Waals surface area contributed by atoms with Gasteiger partial charge in [0.1, 0.15) is 16.6 Å². The van der Waals surface area contributed by atoms with E-state index in [1.807, 2.05) is 0 Å². The highest BCUT2D eigenvalue weighted by Crippen LogP contribution is 2.32. The Morgan fingerprint density at radius 3 is 2.71 bits per heavy atom. The van der Waals surface area contributed by atoms with Crippen molar-refractivity contribution < 1.29 is 23.4 Å². The van der Waals surface area contributed by atoms with Gasteiger partial charge in [0.15, 0.2) is 5.82 Å². The molecular weight excluding hydrogens is 254 g/mol. The standard InChI is InChI=1S/C11H11ClF2O3/c1-17-8-5-7(13)6(11(14)10(8)12)3-2-4-9(15)16/h5H,2-4H2,1H3,(H,15,16). The molecule has 0 atom stereocenters. The van der Waals surface area contributed by atoms with Crippen molar-refractivity contribution in [1.82, 2.24) is 0 Å². The van der Waals surface area contributed by atoms with E-state index < -0.39 is 17.6 Å². The third-order valence-electron chi connectivity index (χ3n) is 2.26. The van der Waals surface area contributed by atoms with Crippen LogP contribution in [0.2, 0.25) is 5.02 Å². The van der Waals surface area contributed by atoms with Gasteiger partial charge in [-0.05, 0) is 12.8 Å². The molecule has 0 aliphatic rings. The lowest BCUT2D eigenvalue weighted by Gasteiger charge is -2.09. The van der Waals surface area contributed by atoms with E-state index in [4.69, 9.17) is 21.4 Å². The predicted octanol–water partition coefficient (Wildman–Crippen LogP) is 3.03. The van der Waals surface area contributed by atoms with Crippen LogP contribution in [0.15, 0.2) is 6.07 Å². The Balaban J connectivity index is 2.92. The van der Waals surface area contributed by atoms with Gasteiger partial charge in [0.2, 0.25) is 0 Å². The van der Waals surface area contributed by atoms with E-state index in [1.54, 1.807) is 0 Å². The zero-order valence-electron chi connectivity index (χ0n) is 9.10. The fraction of sp³-hybridized carbons (Fsp3) is 0.364. The number of carboxylic acid groups (broad SMARTS) is 1. The van der Waals surface area contributed by atoms with Crippen molar-refractivity contribution in [2.75, 3.05) is 7.11 Å². The topological polar surface area (TPSA) is 46.5 Å². The van der Waals surface area contributed by atoms with E-state index in [9.17, 15) is 13.6 Å². The number of rotatable bonds is 5. The summed E-state index contributed by atoms with van der Waals surface area (Å²) in [5.74, 6) is -2.77. The molecule has 0 radical (unpaired) electrons. The SMILES string of the molecule is COc1cc(F)c(CCCC(=O)O)c(F)c1Cl. The lowest BCUT2D eigenvalue weighted by atomic mass is 10.1. The Morgan fingerprint density at radius 2 is 2.18 bits per heavy atom. The average molecular weight is 265 g/mol.